The molecule has 3 saturated heterocycles. The SMILES string of the molecule is C[C@]1(CC(=O)O)C[C@H](c2cccc(Cl)c2)[C@@H](c2ccc(Cl)cc2)N([C@@H](c2ccccn2)C2CC2)C1=O.C[C@]1(CC(=O)O)C[C@H](c2cccc(Cl)c2)[C@@H](c2ccc(Cl)cc2)N([C@H](c2ccccn2)C2CC2)C1=O.C[C@]1(CC(=O)O)C[C@H](c2cccc(Cl)c2)[C@@H](c2ccc(Cl)cc2)N([C@H](c2ccccn2)C2CC2)C1=O. The molecule has 0 spiro atoms. The molecule has 558 valence electrons. The van der Waals surface area contributed by atoms with Crippen LogP contribution in [-0.2, 0) is 28.8 Å². The minimum atomic E-state index is -1.08. The van der Waals surface area contributed by atoms with Gasteiger partial charge >= 0.3 is 17.9 Å². The van der Waals surface area contributed by atoms with Crippen molar-refractivity contribution < 1.29 is 44.1 Å². The zero-order chi connectivity index (χ0) is 76.3. The Hall–Kier alpha value is -8.67. The summed E-state index contributed by atoms with van der Waals surface area (Å²) in [4.78, 5) is 99.0. The van der Waals surface area contributed by atoms with Crippen molar-refractivity contribution in [2.24, 2.45) is 34.0 Å². The molecule has 3 aromatic heterocycles. The fourth-order valence-electron chi connectivity index (χ4n) is 17.3. The van der Waals surface area contributed by atoms with E-state index in [9.17, 15) is 44.1 Å². The van der Waals surface area contributed by atoms with E-state index in [-0.39, 0.29) is 109 Å². The van der Waals surface area contributed by atoms with Crippen LogP contribution in [0.2, 0.25) is 30.1 Å². The Morgan fingerprint density at radius 1 is 0.352 bits per heavy atom. The number of rotatable bonds is 21. The van der Waals surface area contributed by atoms with Gasteiger partial charge in [-0.1, -0.05) is 181 Å². The average Bonchev–Trinajstić information content (AvgIpc) is 0.955. The van der Waals surface area contributed by atoms with Crippen LogP contribution in [0.25, 0.3) is 0 Å². The number of amides is 3. The van der Waals surface area contributed by atoms with E-state index in [1.165, 1.54) is 0 Å². The van der Waals surface area contributed by atoms with Crippen LogP contribution in [0.3, 0.4) is 0 Å². The van der Waals surface area contributed by atoms with Gasteiger partial charge in [-0.2, -0.15) is 0 Å². The van der Waals surface area contributed by atoms with E-state index in [4.69, 9.17) is 69.6 Å². The maximum atomic E-state index is 14.4. The summed E-state index contributed by atoms with van der Waals surface area (Å²) in [6.07, 6.45) is 11.7. The summed E-state index contributed by atoms with van der Waals surface area (Å²) in [5, 5.41) is 33.1. The number of carboxylic acid groups (broad SMARTS) is 3. The lowest BCUT2D eigenvalue weighted by atomic mass is 9.66. The molecule has 0 radical (unpaired) electrons. The van der Waals surface area contributed by atoms with Gasteiger partial charge in [0.2, 0.25) is 17.7 Å². The first-order valence-electron chi connectivity index (χ1n) is 36.7. The first-order valence-corrected chi connectivity index (χ1v) is 39.0. The van der Waals surface area contributed by atoms with Crippen molar-refractivity contribution in [3.05, 3.63) is 299 Å². The van der Waals surface area contributed by atoms with E-state index >= 15 is 0 Å². The number of carboxylic acids is 3. The molecule has 3 aliphatic carbocycles. The number of nitrogens with zero attached hydrogens (tertiary/aromatic N) is 6. The molecular formula is C87H84Cl6N6O9. The van der Waals surface area contributed by atoms with Crippen molar-refractivity contribution >= 4 is 105 Å². The summed E-state index contributed by atoms with van der Waals surface area (Å²) in [6.45, 7) is 5.36. The van der Waals surface area contributed by atoms with Crippen LogP contribution in [-0.4, -0.2) is 80.6 Å². The Morgan fingerprint density at radius 2 is 0.602 bits per heavy atom. The maximum Gasteiger partial charge on any atom is 0.304 e. The maximum absolute atomic E-state index is 14.4. The summed E-state index contributed by atoms with van der Waals surface area (Å²) < 4.78 is 0. The van der Waals surface area contributed by atoms with Crippen LogP contribution >= 0.6 is 69.6 Å². The molecule has 108 heavy (non-hydrogen) atoms. The van der Waals surface area contributed by atoms with Gasteiger partial charge in [0.25, 0.3) is 0 Å². The quantitative estimate of drug-likeness (QED) is 0.0613. The number of hydrogen-bond acceptors (Lipinski definition) is 9. The largest absolute Gasteiger partial charge is 0.481 e. The third-order valence-electron chi connectivity index (χ3n) is 22.5. The van der Waals surface area contributed by atoms with Gasteiger partial charge in [0.1, 0.15) is 0 Å². The first kappa shape index (κ1) is 77.5. The third kappa shape index (κ3) is 17.3. The Labute approximate surface area is 659 Å². The number of carbonyl (C=O) groups is 6. The highest BCUT2D eigenvalue weighted by molar-refractivity contribution is 6.32. The van der Waals surface area contributed by atoms with Crippen molar-refractivity contribution in [2.45, 2.75) is 152 Å². The van der Waals surface area contributed by atoms with Gasteiger partial charge in [0.05, 0.1) is 88.8 Å². The lowest BCUT2D eigenvalue weighted by Gasteiger charge is -2.52. The molecule has 6 aliphatic rings. The zero-order valence-electron chi connectivity index (χ0n) is 59.9. The number of piperidine rings is 3. The van der Waals surface area contributed by atoms with Gasteiger partial charge in [-0.3, -0.25) is 43.7 Å². The van der Waals surface area contributed by atoms with Crippen LogP contribution in [0, 0.1) is 34.0 Å². The first-order chi connectivity index (χ1) is 51.8. The lowest BCUT2D eigenvalue weighted by molar-refractivity contribution is -0.161. The van der Waals surface area contributed by atoms with Gasteiger partial charge < -0.3 is 30.0 Å². The monoisotopic (exact) mass is 1570 g/mol. The molecule has 15 rings (SSSR count). The second kappa shape index (κ2) is 32.9. The molecular weight excluding hydrogens is 1490 g/mol. The van der Waals surface area contributed by atoms with Gasteiger partial charge in [-0.25, -0.2) is 0 Å². The molecule has 3 amide bonds. The van der Waals surface area contributed by atoms with E-state index in [0.717, 1.165) is 89.0 Å². The van der Waals surface area contributed by atoms with E-state index in [0.29, 0.717) is 49.4 Å². The number of aliphatic carboxylic acids is 3. The lowest BCUT2D eigenvalue weighted by Crippen LogP contribution is -2.54. The topological polar surface area (TPSA) is 212 Å². The molecule has 0 bridgehead atoms. The molecule has 3 aliphatic heterocycles. The number of halogens is 6. The van der Waals surface area contributed by atoms with Gasteiger partial charge in [-0.15, -0.1) is 0 Å². The number of benzene rings is 6. The Kier molecular flexibility index (Phi) is 23.6. The molecule has 12 atom stereocenters. The molecule has 15 nitrogen and oxygen atoms in total. The van der Waals surface area contributed by atoms with Crippen LogP contribution in [0.15, 0.2) is 219 Å². The van der Waals surface area contributed by atoms with Gasteiger partial charge in [-0.05, 0) is 218 Å². The molecule has 3 N–H and O–H groups in total. The van der Waals surface area contributed by atoms with Crippen LogP contribution in [0.1, 0.15) is 202 Å². The minimum Gasteiger partial charge on any atom is -0.481 e. The van der Waals surface area contributed by atoms with Crippen molar-refractivity contribution in [3.63, 3.8) is 0 Å². The Bertz CT molecular complexity index is 4260. The standard InChI is InChI=1S/3C29H28Cl2N2O3/c3*1-29(17-25(34)35)16-23(20-5-4-6-22(31)15-20)26(18-10-12-21(30)13-11-18)33(28(29)36)27(19-8-9-19)24-7-2-3-14-32-24/h3*2-7,10-15,19,23,26-27H,8-9,16-17H2,1H3,(H,34,35)/t2*23-,26-,27+,29-;23-,26-,27-,29-/m111/s1. The summed E-state index contributed by atoms with van der Waals surface area (Å²) in [5.74, 6) is -3.10. The van der Waals surface area contributed by atoms with Crippen molar-refractivity contribution in [1.82, 2.24) is 29.7 Å². The molecule has 6 aromatic carbocycles. The van der Waals surface area contributed by atoms with Crippen LogP contribution in [0.5, 0.6) is 0 Å². The van der Waals surface area contributed by atoms with E-state index in [2.05, 4.69) is 15.0 Å². The number of pyridine rings is 3. The van der Waals surface area contributed by atoms with Crippen LogP contribution < -0.4 is 0 Å². The van der Waals surface area contributed by atoms with Gasteiger partial charge in [0.15, 0.2) is 0 Å². The molecule has 6 fully saturated rings. The van der Waals surface area contributed by atoms with E-state index in [1.807, 2.05) is 215 Å². The number of aromatic nitrogens is 3. The van der Waals surface area contributed by atoms with E-state index in [1.54, 1.807) is 39.4 Å². The normalized spacial score (nSPS) is 25.0. The average molecular weight is 1570 g/mol. The van der Waals surface area contributed by atoms with Crippen molar-refractivity contribution in [1.29, 1.82) is 0 Å². The summed E-state index contributed by atoms with van der Waals surface area (Å²) in [6, 6.07) is 61.4. The third-order valence-corrected chi connectivity index (χ3v) is 23.9. The highest BCUT2D eigenvalue weighted by Crippen LogP contribution is 2.61. The summed E-state index contributed by atoms with van der Waals surface area (Å²) in [7, 11) is 0. The molecule has 21 heteroatoms. The zero-order valence-corrected chi connectivity index (χ0v) is 64.5. The van der Waals surface area contributed by atoms with Crippen molar-refractivity contribution in [3.8, 4) is 0 Å². The smallest absolute Gasteiger partial charge is 0.304 e. The number of likely N-dealkylation sites (tertiary alicyclic amines) is 3. The summed E-state index contributed by atoms with van der Waals surface area (Å²) in [5.41, 5.74) is 5.05. The number of carbonyl (C=O) groups excluding carboxylic acids is 3. The molecule has 3 saturated carbocycles. The van der Waals surface area contributed by atoms with Crippen molar-refractivity contribution in [2.75, 3.05) is 0 Å². The Morgan fingerprint density at radius 3 is 0.806 bits per heavy atom. The minimum absolute atomic E-state index is 0.148. The Balaban J connectivity index is 0.000000143. The summed E-state index contributed by atoms with van der Waals surface area (Å²) >= 11 is 38.0. The van der Waals surface area contributed by atoms with Gasteiger partial charge in [0, 0.05) is 66.5 Å². The fourth-order valence-corrected chi connectivity index (χ4v) is 18.3. The van der Waals surface area contributed by atoms with Crippen LogP contribution in [0.4, 0.5) is 0 Å². The predicted molar refractivity (Wildman–Crippen MR) is 420 cm³/mol. The predicted octanol–water partition coefficient (Wildman–Crippen LogP) is 21.2. The second-order valence-electron chi connectivity index (χ2n) is 30.7. The highest BCUT2D eigenvalue weighted by atomic mass is 35.5. The van der Waals surface area contributed by atoms with E-state index < -0.39 is 34.2 Å². The molecule has 6 heterocycles. The number of hydrogen-bond donors (Lipinski definition) is 3. The fraction of sp³-hybridized carbons (Fsp3) is 0.345. The second-order valence-corrected chi connectivity index (χ2v) is 33.3. The molecule has 9 aromatic rings. The highest BCUT2D eigenvalue weighted by Gasteiger charge is 2.59. The molecule has 0 unspecified atom stereocenters.